The van der Waals surface area contributed by atoms with Crippen LogP contribution in [0.25, 0.3) is 0 Å². The Kier molecular flexibility index (Phi) is 4.15. The van der Waals surface area contributed by atoms with Gasteiger partial charge in [-0.3, -0.25) is 4.98 Å². The average molecular weight is 295 g/mol. The summed E-state index contributed by atoms with van der Waals surface area (Å²) in [6.45, 7) is 3.57. The van der Waals surface area contributed by atoms with Gasteiger partial charge in [0.2, 0.25) is 5.88 Å². The van der Waals surface area contributed by atoms with Crippen LogP contribution in [0.2, 0.25) is 0 Å². The van der Waals surface area contributed by atoms with E-state index in [1.165, 1.54) is 0 Å². The molecule has 0 amide bonds. The molecule has 1 aliphatic heterocycles. The molecular formula is C16H17N5O. The maximum absolute atomic E-state index is 9.14. The van der Waals surface area contributed by atoms with Crippen molar-refractivity contribution in [3.63, 3.8) is 0 Å². The number of aromatic nitrogens is 3. The number of ether oxygens (including phenoxy) is 1. The van der Waals surface area contributed by atoms with Crippen LogP contribution < -0.4 is 9.64 Å². The molecule has 0 unspecified atom stereocenters. The first kappa shape index (κ1) is 14.3. The Morgan fingerprint density at radius 1 is 1.32 bits per heavy atom. The fourth-order valence-electron chi connectivity index (χ4n) is 2.62. The van der Waals surface area contributed by atoms with E-state index in [1.807, 2.05) is 19.1 Å². The summed E-state index contributed by atoms with van der Waals surface area (Å²) in [4.78, 5) is 14.7. The Bertz CT molecular complexity index is 689. The molecule has 1 fully saturated rings. The molecule has 1 aliphatic rings. The van der Waals surface area contributed by atoms with E-state index in [4.69, 9.17) is 10.00 Å². The van der Waals surface area contributed by atoms with Crippen LogP contribution >= 0.6 is 0 Å². The molecule has 112 valence electrons. The van der Waals surface area contributed by atoms with Crippen LogP contribution in [0.15, 0.2) is 30.7 Å². The highest BCUT2D eigenvalue weighted by Gasteiger charge is 2.23. The smallest absolute Gasteiger partial charge is 0.232 e. The SMILES string of the molecule is Cc1cncc(OC2CCN(c3cccnc3C#N)CC2)n1. The summed E-state index contributed by atoms with van der Waals surface area (Å²) < 4.78 is 5.90. The van der Waals surface area contributed by atoms with Crippen LogP contribution in [-0.2, 0) is 0 Å². The number of hydrogen-bond acceptors (Lipinski definition) is 6. The van der Waals surface area contributed by atoms with Crippen molar-refractivity contribution in [3.8, 4) is 11.9 Å². The molecule has 0 radical (unpaired) electrons. The summed E-state index contributed by atoms with van der Waals surface area (Å²) in [5.41, 5.74) is 2.23. The average Bonchev–Trinajstić information content (AvgIpc) is 2.56. The largest absolute Gasteiger partial charge is 0.473 e. The molecule has 6 heteroatoms. The third kappa shape index (κ3) is 3.14. The molecule has 3 rings (SSSR count). The van der Waals surface area contributed by atoms with Crippen LogP contribution in [-0.4, -0.2) is 34.1 Å². The second kappa shape index (κ2) is 6.39. The van der Waals surface area contributed by atoms with E-state index in [0.29, 0.717) is 11.6 Å². The van der Waals surface area contributed by atoms with Gasteiger partial charge >= 0.3 is 0 Å². The minimum absolute atomic E-state index is 0.134. The summed E-state index contributed by atoms with van der Waals surface area (Å²) in [5, 5.41) is 9.14. The van der Waals surface area contributed by atoms with Crippen LogP contribution in [0.5, 0.6) is 5.88 Å². The van der Waals surface area contributed by atoms with Gasteiger partial charge in [-0.2, -0.15) is 5.26 Å². The van der Waals surface area contributed by atoms with E-state index in [9.17, 15) is 0 Å². The van der Waals surface area contributed by atoms with Gasteiger partial charge in [0, 0.05) is 38.3 Å². The molecule has 0 bridgehead atoms. The monoisotopic (exact) mass is 295 g/mol. The summed E-state index contributed by atoms with van der Waals surface area (Å²) in [6.07, 6.45) is 6.91. The van der Waals surface area contributed by atoms with Gasteiger partial charge < -0.3 is 9.64 Å². The number of anilines is 1. The van der Waals surface area contributed by atoms with E-state index < -0.39 is 0 Å². The van der Waals surface area contributed by atoms with E-state index in [2.05, 4.69) is 25.9 Å². The van der Waals surface area contributed by atoms with Crippen molar-refractivity contribution < 1.29 is 4.74 Å². The maximum atomic E-state index is 9.14. The first-order valence-electron chi connectivity index (χ1n) is 7.31. The third-order valence-electron chi connectivity index (χ3n) is 3.70. The first-order chi connectivity index (χ1) is 10.8. The summed E-state index contributed by atoms with van der Waals surface area (Å²) in [5.74, 6) is 0.581. The van der Waals surface area contributed by atoms with Crippen molar-refractivity contribution in [3.05, 3.63) is 42.1 Å². The summed E-state index contributed by atoms with van der Waals surface area (Å²) in [7, 11) is 0. The zero-order valence-electron chi connectivity index (χ0n) is 12.4. The van der Waals surface area contributed by atoms with Crippen LogP contribution in [0, 0.1) is 18.3 Å². The lowest BCUT2D eigenvalue weighted by atomic mass is 10.1. The van der Waals surface area contributed by atoms with Crippen molar-refractivity contribution in [2.45, 2.75) is 25.9 Å². The molecule has 0 N–H and O–H groups in total. The fourth-order valence-corrected chi connectivity index (χ4v) is 2.62. The normalized spacial score (nSPS) is 15.4. The highest BCUT2D eigenvalue weighted by Crippen LogP contribution is 2.24. The third-order valence-corrected chi connectivity index (χ3v) is 3.70. The number of nitriles is 1. The van der Waals surface area contributed by atoms with Crippen LogP contribution in [0.1, 0.15) is 24.2 Å². The molecule has 2 aromatic heterocycles. The van der Waals surface area contributed by atoms with Crippen molar-refractivity contribution in [1.29, 1.82) is 5.26 Å². The Hall–Kier alpha value is -2.68. The molecule has 0 aliphatic carbocycles. The van der Waals surface area contributed by atoms with Gasteiger partial charge in [-0.05, 0) is 19.1 Å². The van der Waals surface area contributed by atoms with Crippen molar-refractivity contribution in [1.82, 2.24) is 15.0 Å². The van der Waals surface area contributed by atoms with Crippen LogP contribution in [0.4, 0.5) is 5.69 Å². The van der Waals surface area contributed by atoms with Gasteiger partial charge in [-0.15, -0.1) is 0 Å². The predicted molar refractivity (Wildman–Crippen MR) is 81.6 cm³/mol. The van der Waals surface area contributed by atoms with Gasteiger partial charge in [0.1, 0.15) is 12.2 Å². The molecule has 0 atom stereocenters. The second-order valence-corrected chi connectivity index (χ2v) is 5.29. The number of hydrogen-bond donors (Lipinski definition) is 0. The molecule has 0 aromatic carbocycles. The standard InChI is InChI=1S/C16H17N5O/c1-12-10-18-11-16(20-12)22-13-4-7-21(8-5-13)15-3-2-6-19-14(15)9-17/h2-3,6,10-11,13H,4-5,7-8H2,1H3. The Labute approximate surface area is 129 Å². The van der Waals surface area contributed by atoms with Crippen molar-refractivity contribution >= 4 is 5.69 Å². The number of pyridine rings is 1. The molecule has 3 heterocycles. The first-order valence-corrected chi connectivity index (χ1v) is 7.31. The van der Waals surface area contributed by atoms with Gasteiger partial charge in [0.15, 0.2) is 5.69 Å². The van der Waals surface area contributed by atoms with E-state index in [-0.39, 0.29) is 6.10 Å². The highest BCUT2D eigenvalue weighted by atomic mass is 16.5. The topological polar surface area (TPSA) is 74.9 Å². The van der Waals surface area contributed by atoms with Crippen LogP contribution in [0.3, 0.4) is 0 Å². The maximum Gasteiger partial charge on any atom is 0.232 e. The number of aryl methyl sites for hydroxylation is 1. The minimum Gasteiger partial charge on any atom is -0.473 e. The zero-order valence-corrected chi connectivity index (χ0v) is 12.4. The lowest BCUT2D eigenvalue weighted by Gasteiger charge is -2.33. The number of piperidine rings is 1. The number of rotatable bonds is 3. The molecule has 0 spiro atoms. The molecule has 6 nitrogen and oxygen atoms in total. The molecular weight excluding hydrogens is 278 g/mol. The fraction of sp³-hybridized carbons (Fsp3) is 0.375. The molecule has 1 saturated heterocycles. The summed E-state index contributed by atoms with van der Waals surface area (Å²) >= 11 is 0. The Morgan fingerprint density at radius 3 is 2.86 bits per heavy atom. The lowest BCUT2D eigenvalue weighted by Crippen LogP contribution is -2.38. The predicted octanol–water partition coefficient (Wildman–Crippen LogP) is 2.10. The second-order valence-electron chi connectivity index (χ2n) is 5.29. The lowest BCUT2D eigenvalue weighted by molar-refractivity contribution is 0.163. The van der Waals surface area contributed by atoms with E-state index >= 15 is 0 Å². The van der Waals surface area contributed by atoms with E-state index in [1.54, 1.807) is 18.6 Å². The Morgan fingerprint density at radius 2 is 2.14 bits per heavy atom. The molecule has 0 saturated carbocycles. The Balaban J connectivity index is 1.62. The zero-order chi connectivity index (χ0) is 15.4. The number of nitrogens with zero attached hydrogens (tertiary/aromatic N) is 5. The van der Waals surface area contributed by atoms with Gasteiger partial charge in [-0.1, -0.05) is 0 Å². The van der Waals surface area contributed by atoms with Gasteiger partial charge in [0.25, 0.3) is 0 Å². The van der Waals surface area contributed by atoms with Gasteiger partial charge in [0.05, 0.1) is 17.6 Å². The highest BCUT2D eigenvalue weighted by molar-refractivity contribution is 5.55. The van der Waals surface area contributed by atoms with Gasteiger partial charge in [-0.25, -0.2) is 9.97 Å². The van der Waals surface area contributed by atoms with E-state index in [0.717, 1.165) is 37.3 Å². The van der Waals surface area contributed by atoms with Crippen molar-refractivity contribution in [2.75, 3.05) is 18.0 Å². The molecule has 22 heavy (non-hydrogen) atoms. The molecule has 2 aromatic rings. The quantitative estimate of drug-likeness (QED) is 0.863. The minimum atomic E-state index is 0.134. The van der Waals surface area contributed by atoms with Crippen molar-refractivity contribution in [2.24, 2.45) is 0 Å². The summed E-state index contributed by atoms with van der Waals surface area (Å²) in [6, 6.07) is 5.95.